The lowest BCUT2D eigenvalue weighted by atomic mass is 10.1. The van der Waals surface area contributed by atoms with Crippen molar-refractivity contribution in [2.45, 2.75) is 18.3 Å². The summed E-state index contributed by atoms with van der Waals surface area (Å²) in [6, 6.07) is 8.10. The van der Waals surface area contributed by atoms with E-state index in [9.17, 15) is 19.8 Å². The van der Waals surface area contributed by atoms with E-state index in [2.05, 4.69) is 0 Å². The van der Waals surface area contributed by atoms with Crippen molar-refractivity contribution in [3.05, 3.63) is 35.9 Å². The van der Waals surface area contributed by atoms with Gasteiger partial charge in [0.1, 0.15) is 24.9 Å². The zero-order valence-electron chi connectivity index (χ0n) is 9.47. The highest BCUT2D eigenvalue weighted by Gasteiger charge is 2.25. The van der Waals surface area contributed by atoms with Crippen LogP contribution in [0.4, 0.5) is 0 Å². The lowest BCUT2D eigenvalue weighted by Gasteiger charge is -2.19. The van der Waals surface area contributed by atoms with Crippen LogP contribution < -0.4 is 0 Å². The van der Waals surface area contributed by atoms with Crippen LogP contribution in [-0.2, 0) is 9.53 Å². The fraction of sp³-hybridized carbons (Fsp3) is 0.333. The van der Waals surface area contributed by atoms with Gasteiger partial charge in [0.05, 0.1) is 5.56 Å². The van der Waals surface area contributed by atoms with Gasteiger partial charge in [-0.3, -0.25) is 0 Å². The van der Waals surface area contributed by atoms with E-state index in [4.69, 9.17) is 9.84 Å². The molecular weight excluding hydrogens is 240 g/mol. The third-order valence-corrected chi connectivity index (χ3v) is 2.28. The number of aliphatic hydroxyl groups is 3. The first-order valence-corrected chi connectivity index (χ1v) is 5.28. The van der Waals surface area contributed by atoms with Gasteiger partial charge in [-0.05, 0) is 12.1 Å². The van der Waals surface area contributed by atoms with Crippen molar-refractivity contribution in [1.82, 2.24) is 0 Å². The van der Waals surface area contributed by atoms with Crippen molar-refractivity contribution in [3.8, 4) is 0 Å². The molecule has 0 aliphatic carbocycles. The molecule has 0 aliphatic rings. The second-order valence-electron chi connectivity index (χ2n) is 3.65. The first-order valence-electron chi connectivity index (χ1n) is 5.28. The summed E-state index contributed by atoms with van der Waals surface area (Å²) in [4.78, 5) is 21.6. The molecule has 6 heteroatoms. The number of hydrogen-bond donors (Lipinski definition) is 3. The molecular formula is C12H14O6. The Kier molecular flexibility index (Phi) is 5.44. The van der Waals surface area contributed by atoms with Gasteiger partial charge in [0.25, 0.3) is 0 Å². The van der Waals surface area contributed by atoms with E-state index in [0.29, 0.717) is 5.56 Å². The Balaban J connectivity index is 2.46. The molecule has 1 aromatic carbocycles. The molecule has 0 unspecified atom stereocenters. The molecule has 0 radical (unpaired) electrons. The summed E-state index contributed by atoms with van der Waals surface area (Å²) >= 11 is 0. The van der Waals surface area contributed by atoms with Crippen molar-refractivity contribution in [1.29, 1.82) is 0 Å². The molecule has 1 aromatic rings. The van der Waals surface area contributed by atoms with Crippen LogP contribution in [-0.4, -0.2) is 52.5 Å². The molecule has 6 nitrogen and oxygen atoms in total. The third kappa shape index (κ3) is 3.92. The van der Waals surface area contributed by atoms with E-state index in [1.807, 2.05) is 0 Å². The SMILES string of the molecule is O=C[C@@H](O)[C@H](O)[C@H](O)COC(=O)c1ccccc1. The van der Waals surface area contributed by atoms with Crippen LogP contribution in [0.1, 0.15) is 10.4 Å². The minimum Gasteiger partial charge on any atom is -0.459 e. The molecule has 0 spiro atoms. The molecule has 18 heavy (non-hydrogen) atoms. The van der Waals surface area contributed by atoms with Crippen molar-refractivity contribution in [3.63, 3.8) is 0 Å². The smallest absolute Gasteiger partial charge is 0.338 e. The molecule has 0 aromatic heterocycles. The number of benzene rings is 1. The average molecular weight is 254 g/mol. The predicted molar refractivity (Wildman–Crippen MR) is 60.8 cm³/mol. The lowest BCUT2D eigenvalue weighted by Crippen LogP contribution is -2.41. The number of aliphatic hydroxyl groups excluding tert-OH is 3. The fourth-order valence-electron chi connectivity index (χ4n) is 1.23. The lowest BCUT2D eigenvalue weighted by molar-refractivity contribution is -0.128. The highest BCUT2D eigenvalue weighted by Crippen LogP contribution is 2.04. The number of hydrogen-bond acceptors (Lipinski definition) is 6. The van der Waals surface area contributed by atoms with E-state index in [1.54, 1.807) is 18.2 Å². The Labute approximate surface area is 103 Å². The van der Waals surface area contributed by atoms with Gasteiger partial charge >= 0.3 is 5.97 Å². The molecule has 0 heterocycles. The number of ether oxygens (including phenoxy) is 1. The van der Waals surface area contributed by atoms with Crippen LogP contribution >= 0.6 is 0 Å². The van der Waals surface area contributed by atoms with E-state index in [0.717, 1.165) is 0 Å². The van der Waals surface area contributed by atoms with Gasteiger partial charge in [-0.1, -0.05) is 18.2 Å². The highest BCUT2D eigenvalue weighted by atomic mass is 16.5. The summed E-state index contributed by atoms with van der Waals surface area (Å²) in [6.45, 7) is -0.514. The zero-order chi connectivity index (χ0) is 13.5. The molecule has 3 atom stereocenters. The van der Waals surface area contributed by atoms with E-state index < -0.39 is 30.9 Å². The van der Waals surface area contributed by atoms with Gasteiger partial charge in [-0.2, -0.15) is 0 Å². The molecule has 1 rings (SSSR count). The zero-order valence-corrected chi connectivity index (χ0v) is 9.47. The van der Waals surface area contributed by atoms with Gasteiger partial charge < -0.3 is 24.9 Å². The molecule has 0 aliphatic heterocycles. The number of esters is 1. The normalized spacial score (nSPS) is 15.5. The summed E-state index contributed by atoms with van der Waals surface area (Å²) < 4.78 is 4.73. The summed E-state index contributed by atoms with van der Waals surface area (Å²) in [6.07, 6.45) is -4.84. The summed E-state index contributed by atoms with van der Waals surface area (Å²) in [5.74, 6) is -0.664. The first-order chi connectivity index (χ1) is 8.56. The van der Waals surface area contributed by atoms with Crippen LogP contribution in [0.15, 0.2) is 30.3 Å². The Bertz CT molecular complexity index is 391. The molecule has 98 valence electrons. The number of rotatable bonds is 6. The first kappa shape index (κ1) is 14.3. The largest absolute Gasteiger partial charge is 0.459 e. The molecule has 0 saturated carbocycles. The van der Waals surface area contributed by atoms with Crippen LogP contribution in [0.2, 0.25) is 0 Å². The minimum absolute atomic E-state index is 0.0902. The summed E-state index contributed by atoms with van der Waals surface area (Å²) in [5, 5.41) is 27.6. The fourth-order valence-corrected chi connectivity index (χ4v) is 1.23. The summed E-state index contributed by atoms with van der Waals surface area (Å²) in [5.41, 5.74) is 0.301. The topological polar surface area (TPSA) is 104 Å². The summed E-state index contributed by atoms with van der Waals surface area (Å²) in [7, 11) is 0. The second kappa shape index (κ2) is 6.85. The van der Waals surface area contributed by atoms with Crippen molar-refractivity contribution in [2.75, 3.05) is 6.61 Å². The van der Waals surface area contributed by atoms with Gasteiger partial charge in [-0.25, -0.2) is 4.79 Å². The van der Waals surface area contributed by atoms with Crippen LogP contribution in [0.5, 0.6) is 0 Å². The van der Waals surface area contributed by atoms with E-state index >= 15 is 0 Å². The van der Waals surface area contributed by atoms with Crippen LogP contribution in [0, 0.1) is 0 Å². The van der Waals surface area contributed by atoms with Gasteiger partial charge in [0.2, 0.25) is 0 Å². The molecule has 0 fully saturated rings. The number of aldehydes is 1. The van der Waals surface area contributed by atoms with Crippen molar-refractivity contribution >= 4 is 12.3 Å². The average Bonchev–Trinajstić information content (AvgIpc) is 2.43. The minimum atomic E-state index is -1.71. The maximum absolute atomic E-state index is 11.5. The highest BCUT2D eigenvalue weighted by molar-refractivity contribution is 5.89. The van der Waals surface area contributed by atoms with Crippen LogP contribution in [0.25, 0.3) is 0 Å². The van der Waals surface area contributed by atoms with E-state index in [-0.39, 0.29) is 6.29 Å². The standard InChI is InChI=1S/C12H14O6/c13-6-9(14)11(16)10(15)7-18-12(17)8-4-2-1-3-5-8/h1-6,9-11,14-16H,7H2/t9-,10-,11+/m1/s1. The van der Waals surface area contributed by atoms with E-state index in [1.165, 1.54) is 12.1 Å². The van der Waals surface area contributed by atoms with Gasteiger partial charge in [0, 0.05) is 0 Å². The Morgan fingerprint density at radius 1 is 1.22 bits per heavy atom. The maximum Gasteiger partial charge on any atom is 0.338 e. The number of carbonyl (C=O) groups excluding carboxylic acids is 2. The predicted octanol–water partition coefficient (Wildman–Crippen LogP) is -0.875. The van der Waals surface area contributed by atoms with Gasteiger partial charge in [0.15, 0.2) is 6.29 Å². The Hall–Kier alpha value is -1.76. The third-order valence-electron chi connectivity index (χ3n) is 2.28. The Morgan fingerprint density at radius 2 is 1.83 bits per heavy atom. The molecule has 0 saturated heterocycles. The van der Waals surface area contributed by atoms with Crippen molar-refractivity contribution < 1.29 is 29.6 Å². The van der Waals surface area contributed by atoms with Crippen LogP contribution in [0.3, 0.4) is 0 Å². The van der Waals surface area contributed by atoms with Crippen molar-refractivity contribution in [2.24, 2.45) is 0 Å². The number of carbonyl (C=O) groups is 2. The quantitative estimate of drug-likeness (QED) is 0.450. The maximum atomic E-state index is 11.5. The van der Waals surface area contributed by atoms with Gasteiger partial charge in [-0.15, -0.1) is 0 Å². The monoisotopic (exact) mass is 254 g/mol. The molecule has 0 bridgehead atoms. The molecule has 3 N–H and O–H groups in total. The molecule has 0 amide bonds. The second-order valence-corrected chi connectivity index (χ2v) is 3.65. The Morgan fingerprint density at radius 3 is 2.39 bits per heavy atom.